The molecule has 1 atom stereocenters. The average Bonchev–Trinajstić information content (AvgIpc) is 2.24. The van der Waals surface area contributed by atoms with Crippen LogP contribution < -0.4 is 0 Å². The molecule has 1 N–H and O–H groups in total. The number of aliphatic hydroxyl groups excluding tert-OH is 1. The van der Waals surface area contributed by atoms with Gasteiger partial charge in [-0.1, -0.05) is 23.8 Å². The Kier molecular flexibility index (Phi) is 5.08. The van der Waals surface area contributed by atoms with E-state index < -0.39 is 0 Å². The first-order valence-corrected chi connectivity index (χ1v) is 5.77. The van der Waals surface area contributed by atoms with Crippen molar-refractivity contribution in [1.29, 1.82) is 0 Å². The Morgan fingerprint density at radius 1 is 1.31 bits per heavy atom. The molecule has 1 rings (SSSR count). The van der Waals surface area contributed by atoms with Crippen LogP contribution in [-0.4, -0.2) is 11.2 Å². The third-order valence-electron chi connectivity index (χ3n) is 2.74. The van der Waals surface area contributed by atoms with Crippen molar-refractivity contribution in [2.24, 2.45) is 0 Å². The highest BCUT2D eigenvalue weighted by Gasteiger charge is 2.07. The maximum atomic E-state index is 9.88. The predicted octanol–water partition coefficient (Wildman–Crippen LogP) is 3.01. The van der Waals surface area contributed by atoms with Crippen LogP contribution in [0.3, 0.4) is 0 Å². The summed E-state index contributed by atoms with van der Waals surface area (Å²) in [6.07, 6.45) is 2.00. The highest BCUT2D eigenvalue weighted by Crippen LogP contribution is 2.14. The van der Waals surface area contributed by atoms with E-state index in [4.69, 9.17) is 0 Å². The quantitative estimate of drug-likeness (QED) is 0.767. The third kappa shape index (κ3) is 4.08. The van der Waals surface area contributed by atoms with Crippen molar-refractivity contribution < 1.29 is 5.11 Å². The lowest BCUT2D eigenvalue weighted by Gasteiger charge is -2.11. The molecule has 0 bridgehead atoms. The van der Waals surface area contributed by atoms with Gasteiger partial charge in [0.2, 0.25) is 0 Å². The molecular formula is C15H20O. The fraction of sp³-hybridized carbons (Fsp3) is 0.467. The van der Waals surface area contributed by atoms with E-state index >= 15 is 0 Å². The minimum atomic E-state index is -0.277. The molecular weight excluding hydrogens is 196 g/mol. The van der Waals surface area contributed by atoms with Gasteiger partial charge in [0.1, 0.15) is 0 Å². The van der Waals surface area contributed by atoms with E-state index in [0.29, 0.717) is 0 Å². The van der Waals surface area contributed by atoms with Crippen LogP contribution in [0.2, 0.25) is 0 Å². The zero-order valence-corrected chi connectivity index (χ0v) is 10.4. The molecule has 1 heteroatoms. The normalized spacial score (nSPS) is 11.8. The van der Waals surface area contributed by atoms with E-state index in [0.717, 1.165) is 19.3 Å². The lowest BCUT2D eigenvalue weighted by atomic mass is 9.98. The maximum Gasteiger partial charge on any atom is 0.0589 e. The average molecular weight is 216 g/mol. The molecule has 86 valence electrons. The highest BCUT2D eigenvalue weighted by atomic mass is 16.3. The van der Waals surface area contributed by atoms with Gasteiger partial charge in [0.05, 0.1) is 6.10 Å². The molecule has 0 fully saturated rings. The van der Waals surface area contributed by atoms with Crippen LogP contribution in [0.4, 0.5) is 0 Å². The monoisotopic (exact) mass is 216 g/mol. The number of aliphatic hydroxyl groups is 1. The van der Waals surface area contributed by atoms with Crippen LogP contribution in [0.5, 0.6) is 0 Å². The molecule has 0 aromatic heterocycles. The minimum absolute atomic E-state index is 0.277. The first-order valence-electron chi connectivity index (χ1n) is 5.77. The van der Waals surface area contributed by atoms with Crippen LogP contribution in [0.1, 0.15) is 36.5 Å². The fourth-order valence-corrected chi connectivity index (χ4v) is 1.74. The largest absolute Gasteiger partial charge is 0.393 e. The van der Waals surface area contributed by atoms with Gasteiger partial charge in [-0.25, -0.2) is 0 Å². The topological polar surface area (TPSA) is 20.2 Å². The van der Waals surface area contributed by atoms with Crippen molar-refractivity contribution in [2.75, 3.05) is 0 Å². The van der Waals surface area contributed by atoms with Crippen LogP contribution >= 0.6 is 0 Å². The van der Waals surface area contributed by atoms with Gasteiger partial charge in [-0.05, 0) is 44.7 Å². The molecule has 0 radical (unpaired) electrons. The summed E-state index contributed by atoms with van der Waals surface area (Å²) in [5, 5.41) is 9.88. The van der Waals surface area contributed by atoms with Gasteiger partial charge in [0.15, 0.2) is 0 Å². The molecule has 0 aliphatic rings. The summed E-state index contributed by atoms with van der Waals surface area (Å²) in [6, 6.07) is 6.38. The summed E-state index contributed by atoms with van der Waals surface area (Å²) in [7, 11) is 0. The van der Waals surface area contributed by atoms with Gasteiger partial charge in [-0.15, -0.1) is 11.8 Å². The van der Waals surface area contributed by atoms with Crippen molar-refractivity contribution in [1.82, 2.24) is 0 Å². The Bertz CT molecular complexity index is 396. The third-order valence-corrected chi connectivity index (χ3v) is 2.74. The summed E-state index contributed by atoms with van der Waals surface area (Å²) >= 11 is 0. The predicted molar refractivity (Wildman–Crippen MR) is 68.3 cm³/mol. The van der Waals surface area contributed by atoms with Crippen molar-refractivity contribution in [2.45, 2.75) is 46.1 Å². The molecule has 0 saturated heterocycles. The highest BCUT2D eigenvalue weighted by molar-refractivity contribution is 5.30. The number of benzene rings is 1. The number of hydrogen-bond acceptors (Lipinski definition) is 1. The second-order valence-electron chi connectivity index (χ2n) is 4.25. The van der Waals surface area contributed by atoms with Crippen molar-refractivity contribution in [3.63, 3.8) is 0 Å². The molecule has 0 heterocycles. The lowest BCUT2D eigenvalue weighted by Crippen LogP contribution is -2.11. The molecule has 0 aliphatic heterocycles. The Morgan fingerprint density at radius 2 is 2.06 bits per heavy atom. The van der Waals surface area contributed by atoms with Crippen LogP contribution in [0.15, 0.2) is 18.2 Å². The summed E-state index contributed by atoms with van der Waals surface area (Å²) in [6.45, 7) is 6.00. The minimum Gasteiger partial charge on any atom is -0.393 e. The van der Waals surface area contributed by atoms with E-state index in [9.17, 15) is 5.11 Å². The van der Waals surface area contributed by atoms with Gasteiger partial charge < -0.3 is 5.11 Å². The van der Waals surface area contributed by atoms with Gasteiger partial charge in [-0.3, -0.25) is 0 Å². The Balaban J connectivity index is 2.57. The van der Waals surface area contributed by atoms with Crippen molar-refractivity contribution in [3.05, 3.63) is 34.9 Å². The Hall–Kier alpha value is -1.26. The molecule has 0 spiro atoms. The number of aryl methyl sites for hydroxylation is 2. The SMILES string of the molecule is CC#CCCC(O)Cc1cc(C)ccc1C. The van der Waals surface area contributed by atoms with Crippen molar-refractivity contribution >= 4 is 0 Å². The summed E-state index contributed by atoms with van der Waals surface area (Å²) < 4.78 is 0. The summed E-state index contributed by atoms with van der Waals surface area (Å²) in [4.78, 5) is 0. The summed E-state index contributed by atoms with van der Waals surface area (Å²) in [5.74, 6) is 5.83. The smallest absolute Gasteiger partial charge is 0.0589 e. The summed E-state index contributed by atoms with van der Waals surface area (Å²) in [5.41, 5.74) is 3.75. The van der Waals surface area contributed by atoms with Gasteiger partial charge in [-0.2, -0.15) is 0 Å². The zero-order valence-electron chi connectivity index (χ0n) is 10.4. The van der Waals surface area contributed by atoms with Crippen molar-refractivity contribution in [3.8, 4) is 11.8 Å². The van der Waals surface area contributed by atoms with E-state index in [1.807, 2.05) is 6.92 Å². The van der Waals surface area contributed by atoms with Gasteiger partial charge in [0, 0.05) is 6.42 Å². The molecule has 1 aromatic carbocycles. The maximum absolute atomic E-state index is 9.88. The van der Waals surface area contributed by atoms with E-state index in [2.05, 4.69) is 43.9 Å². The molecule has 1 aromatic rings. The van der Waals surface area contributed by atoms with E-state index in [1.54, 1.807) is 0 Å². The molecule has 1 nitrogen and oxygen atoms in total. The molecule has 0 aliphatic carbocycles. The molecule has 16 heavy (non-hydrogen) atoms. The second kappa shape index (κ2) is 6.35. The lowest BCUT2D eigenvalue weighted by molar-refractivity contribution is 0.166. The molecule has 0 amide bonds. The fourth-order valence-electron chi connectivity index (χ4n) is 1.74. The molecule has 1 unspecified atom stereocenters. The molecule has 0 saturated carbocycles. The van der Waals surface area contributed by atoms with E-state index in [-0.39, 0.29) is 6.10 Å². The Morgan fingerprint density at radius 3 is 2.75 bits per heavy atom. The zero-order chi connectivity index (χ0) is 12.0. The van der Waals surface area contributed by atoms with Crippen LogP contribution in [-0.2, 0) is 6.42 Å². The van der Waals surface area contributed by atoms with E-state index in [1.165, 1.54) is 16.7 Å². The standard InChI is InChI=1S/C15H20O/c1-4-5-6-7-15(16)11-14-10-12(2)8-9-13(14)3/h8-10,15-16H,6-7,11H2,1-3H3. The first-order chi connectivity index (χ1) is 7.63. The second-order valence-corrected chi connectivity index (χ2v) is 4.25. The van der Waals surface area contributed by atoms with Crippen LogP contribution in [0, 0.1) is 25.7 Å². The van der Waals surface area contributed by atoms with Gasteiger partial charge >= 0.3 is 0 Å². The van der Waals surface area contributed by atoms with Gasteiger partial charge in [0.25, 0.3) is 0 Å². The number of hydrogen-bond donors (Lipinski definition) is 1. The first kappa shape index (κ1) is 12.8. The van der Waals surface area contributed by atoms with Crippen LogP contribution in [0.25, 0.3) is 0 Å². The number of rotatable bonds is 4. The Labute approximate surface area is 98.5 Å².